The van der Waals surface area contributed by atoms with Crippen molar-refractivity contribution in [2.75, 3.05) is 26.8 Å². The van der Waals surface area contributed by atoms with Gasteiger partial charge in [-0.2, -0.15) is 0 Å². The minimum atomic E-state index is -0.133. The summed E-state index contributed by atoms with van der Waals surface area (Å²) < 4.78 is 18.0. The lowest BCUT2D eigenvalue weighted by Gasteiger charge is -2.40. The molecule has 25 heavy (non-hydrogen) atoms. The smallest absolute Gasteiger partial charge is 0.276 e. The van der Waals surface area contributed by atoms with Gasteiger partial charge in [-0.3, -0.25) is 4.79 Å². The van der Waals surface area contributed by atoms with E-state index in [0.717, 1.165) is 25.3 Å². The molecule has 0 radical (unpaired) electrons. The summed E-state index contributed by atoms with van der Waals surface area (Å²) in [5, 5.41) is 12.1. The summed E-state index contributed by atoms with van der Waals surface area (Å²) in [6.45, 7) is 4.04. The molecule has 0 aromatic carbocycles. The molecule has 1 atom stereocenters. The maximum Gasteiger partial charge on any atom is 0.276 e. The molecule has 0 aliphatic carbocycles. The minimum Gasteiger partial charge on any atom is -0.380 e. The molecule has 4 rings (SSSR count). The van der Waals surface area contributed by atoms with Crippen molar-refractivity contribution in [2.45, 2.75) is 38.5 Å². The number of aryl methyl sites for hydroxylation is 1. The van der Waals surface area contributed by atoms with E-state index in [1.54, 1.807) is 25.3 Å². The van der Waals surface area contributed by atoms with E-state index in [4.69, 9.17) is 14.0 Å². The van der Waals surface area contributed by atoms with Crippen molar-refractivity contribution in [2.24, 2.45) is 0 Å². The fourth-order valence-corrected chi connectivity index (χ4v) is 3.37. The summed E-state index contributed by atoms with van der Waals surface area (Å²) in [7, 11) is 1.58. The van der Waals surface area contributed by atoms with E-state index < -0.39 is 0 Å². The van der Waals surface area contributed by atoms with Crippen molar-refractivity contribution >= 4 is 5.91 Å². The predicted molar refractivity (Wildman–Crippen MR) is 84.8 cm³/mol. The number of likely N-dealkylation sites (tertiary alicyclic amines) is 1. The van der Waals surface area contributed by atoms with Crippen molar-refractivity contribution in [3.05, 3.63) is 29.2 Å². The third-order valence-corrected chi connectivity index (χ3v) is 4.84. The van der Waals surface area contributed by atoms with Gasteiger partial charge in [-0.05, 0) is 19.8 Å². The molecule has 4 heterocycles. The molecule has 1 amide bonds. The lowest BCUT2D eigenvalue weighted by Crippen LogP contribution is -2.51. The normalized spacial score (nSPS) is 20.9. The second-order valence-electron chi connectivity index (χ2n) is 6.46. The molecule has 1 unspecified atom stereocenters. The highest BCUT2D eigenvalue weighted by Crippen LogP contribution is 2.31. The van der Waals surface area contributed by atoms with Gasteiger partial charge in [0, 0.05) is 26.8 Å². The van der Waals surface area contributed by atoms with Crippen LogP contribution in [-0.4, -0.2) is 57.5 Å². The van der Waals surface area contributed by atoms with Crippen LogP contribution in [0.1, 0.15) is 52.6 Å². The van der Waals surface area contributed by atoms with Crippen LogP contribution < -0.4 is 0 Å². The first kappa shape index (κ1) is 16.2. The third kappa shape index (κ3) is 2.83. The highest BCUT2D eigenvalue weighted by Gasteiger charge is 2.37. The number of methoxy groups -OCH3 is 1. The standard InChI is InChI=1S/C16H21N5O4/c1-10-12(8-23-2)14(19-25-10)16(22)20-6-11(7-20)21-9-17-18-15(21)13-4-3-5-24-13/h9,11,13H,3-8H2,1-2H3. The molecule has 9 heteroatoms. The van der Waals surface area contributed by atoms with Crippen LogP contribution >= 0.6 is 0 Å². The van der Waals surface area contributed by atoms with E-state index in [1.807, 2.05) is 4.57 Å². The first-order chi connectivity index (χ1) is 12.2. The zero-order valence-electron chi connectivity index (χ0n) is 14.3. The van der Waals surface area contributed by atoms with E-state index >= 15 is 0 Å². The molecule has 0 N–H and O–H groups in total. The molecule has 0 bridgehead atoms. The second kappa shape index (κ2) is 6.57. The molecule has 9 nitrogen and oxygen atoms in total. The van der Waals surface area contributed by atoms with Gasteiger partial charge < -0.3 is 23.5 Å². The molecule has 2 aromatic rings. The molecule has 2 fully saturated rings. The van der Waals surface area contributed by atoms with Gasteiger partial charge in [-0.25, -0.2) is 0 Å². The molecule has 0 spiro atoms. The molecular formula is C16H21N5O4. The van der Waals surface area contributed by atoms with Crippen LogP contribution in [0.5, 0.6) is 0 Å². The SMILES string of the molecule is COCc1c(C(=O)N2CC(n3cnnc3C3CCCO3)C2)noc1C. The maximum atomic E-state index is 12.7. The quantitative estimate of drug-likeness (QED) is 0.803. The Morgan fingerprint density at radius 1 is 1.44 bits per heavy atom. The highest BCUT2D eigenvalue weighted by molar-refractivity contribution is 5.94. The summed E-state index contributed by atoms with van der Waals surface area (Å²) in [4.78, 5) is 14.4. The molecule has 2 aliphatic rings. The maximum absolute atomic E-state index is 12.7. The monoisotopic (exact) mass is 347 g/mol. The molecule has 2 saturated heterocycles. The zero-order chi connectivity index (χ0) is 17.4. The van der Waals surface area contributed by atoms with Crippen LogP contribution in [0.2, 0.25) is 0 Å². The Labute approximate surface area is 144 Å². The van der Waals surface area contributed by atoms with Crippen LogP contribution in [0.3, 0.4) is 0 Å². The van der Waals surface area contributed by atoms with Gasteiger partial charge >= 0.3 is 0 Å². The highest BCUT2D eigenvalue weighted by atomic mass is 16.5. The zero-order valence-corrected chi connectivity index (χ0v) is 14.3. The summed E-state index contributed by atoms with van der Waals surface area (Å²) in [5.41, 5.74) is 1.04. The van der Waals surface area contributed by atoms with Gasteiger partial charge in [0.25, 0.3) is 5.91 Å². The summed E-state index contributed by atoms with van der Waals surface area (Å²) in [6.07, 6.45) is 3.74. The van der Waals surface area contributed by atoms with Gasteiger partial charge in [0.05, 0.1) is 18.2 Å². The number of hydrogen-bond acceptors (Lipinski definition) is 7. The second-order valence-corrected chi connectivity index (χ2v) is 6.46. The molecule has 2 aliphatic heterocycles. The van der Waals surface area contributed by atoms with E-state index in [0.29, 0.717) is 36.7 Å². The Kier molecular flexibility index (Phi) is 4.26. The van der Waals surface area contributed by atoms with Crippen molar-refractivity contribution in [3.8, 4) is 0 Å². The number of ether oxygens (including phenoxy) is 2. The average Bonchev–Trinajstić information content (AvgIpc) is 3.28. The van der Waals surface area contributed by atoms with Crippen LogP contribution in [0, 0.1) is 6.92 Å². The molecule has 0 saturated carbocycles. The van der Waals surface area contributed by atoms with Crippen molar-refractivity contribution < 1.29 is 18.8 Å². The fraction of sp³-hybridized carbons (Fsp3) is 0.625. The van der Waals surface area contributed by atoms with E-state index in [1.165, 1.54) is 0 Å². The summed E-state index contributed by atoms with van der Waals surface area (Å²) in [6, 6.07) is 0.164. The van der Waals surface area contributed by atoms with Crippen LogP contribution in [0.25, 0.3) is 0 Å². The van der Waals surface area contributed by atoms with Crippen molar-refractivity contribution in [1.82, 2.24) is 24.8 Å². The van der Waals surface area contributed by atoms with Gasteiger partial charge in [0.2, 0.25) is 0 Å². The van der Waals surface area contributed by atoms with E-state index in [2.05, 4.69) is 15.4 Å². The Morgan fingerprint density at radius 3 is 3.00 bits per heavy atom. The first-order valence-corrected chi connectivity index (χ1v) is 8.43. The number of rotatable bonds is 5. The largest absolute Gasteiger partial charge is 0.380 e. The minimum absolute atomic E-state index is 0.0127. The Morgan fingerprint density at radius 2 is 2.28 bits per heavy atom. The number of nitrogens with zero attached hydrogens (tertiary/aromatic N) is 5. The van der Waals surface area contributed by atoms with Crippen molar-refractivity contribution in [3.63, 3.8) is 0 Å². The Bertz CT molecular complexity index is 758. The third-order valence-electron chi connectivity index (χ3n) is 4.84. The fourth-order valence-electron chi connectivity index (χ4n) is 3.37. The number of carbonyl (C=O) groups excluding carboxylic acids is 1. The molecule has 2 aromatic heterocycles. The van der Waals surface area contributed by atoms with Gasteiger partial charge in [-0.1, -0.05) is 5.16 Å². The lowest BCUT2D eigenvalue weighted by molar-refractivity contribution is 0.0471. The van der Waals surface area contributed by atoms with E-state index in [-0.39, 0.29) is 18.1 Å². The Hall–Kier alpha value is -2.26. The lowest BCUT2D eigenvalue weighted by atomic mass is 10.1. The average molecular weight is 347 g/mol. The van der Waals surface area contributed by atoms with E-state index in [9.17, 15) is 4.79 Å². The Balaban J connectivity index is 1.44. The van der Waals surface area contributed by atoms with Crippen LogP contribution in [0.4, 0.5) is 0 Å². The van der Waals surface area contributed by atoms with Crippen LogP contribution in [-0.2, 0) is 16.1 Å². The van der Waals surface area contributed by atoms with Gasteiger partial charge in [0.15, 0.2) is 11.5 Å². The number of amides is 1. The number of aromatic nitrogens is 4. The van der Waals surface area contributed by atoms with Crippen molar-refractivity contribution in [1.29, 1.82) is 0 Å². The van der Waals surface area contributed by atoms with Gasteiger partial charge in [-0.15, -0.1) is 10.2 Å². The van der Waals surface area contributed by atoms with Crippen LogP contribution in [0.15, 0.2) is 10.9 Å². The topological polar surface area (TPSA) is 95.5 Å². The van der Waals surface area contributed by atoms with Gasteiger partial charge in [0.1, 0.15) is 18.2 Å². The first-order valence-electron chi connectivity index (χ1n) is 8.43. The predicted octanol–water partition coefficient (Wildman–Crippen LogP) is 1.27. The number of hydrogen-bond donors (Lipinski definition) is 0. The summed E-state index contributed by atoms with van der Waals surface area (Å²) in [5.74, 6) is 1.33. The molecular weight excluding hydrogens is 326 g/mol. The summed E-state index contributed by atoms with van der Waals surface area (Å²) >= 11 is 0. The number of carbonyl (C=O) groups is 1. The molecule has 134 valence electrons.